The van der Waals surface area contributed by atoms with Gasteiger partial charge in [0, 0.05) is 17.1 Å². The fourth-order valence-electron chi connectivity index (χ4n) is 1.83. The Morgan fingerprint density at radius 3 is 2.62 bits per heavy atom. The molecular formula is C14H17ClN4OS. The molecular weight excluding hydrogens is 308 g/mol. The normalized spacial score (nSPS) is 12.3. The summed E-state index contributed by atoms with van der Waals surface area (Å²) >= 11 is 7.24. The Morgan fingerprint density at radius 1 is 1.38 bits per heavy atom. The molecule has 2 aromatic rings. The molecule has 1 atom stereocenters. The summed E-state index contributed by atoms with van der Waals surface area (Å²) in [5.74, 6) is 0.409. The van der Waals surface area contributed by atoms with Crippen LogP contribution < -0.4 is 5.73 Å². The highest BCUT2D eigenvalue weighted by atomic mass is 35.5. The third kappa shape index (κ3) is 3.77. The first-order valence-corrected chi connectivity index (χ1v) is 7.93. The number of aromatic nitrogens is 3. The van der Waals surface area contributed by atoms with Gasteiger partial charge in [0.1, 0.15) is 0 Å². The van der Waals surface area contributed by atoms with Crippen LogP contribution in [0.1, 0.15) is 20.3 Å². The lowest BCUT2D eigenvalue weighted by Gasteiger charge is -2.10. The molecule has 5 nitrogen and oxygen atoms in total. The SMILES string of the molecule is CCCn1c(SC(C)C(N)=O)nnc1-c1ccc(Cl)cc1. The first-order valence-electron chi connectivity index (χ1n) is 6.68. The van der Waals surface area contributed by atoms with E-state index in [1.54, 1.807) is 6.92 Å². The Bertz CT molecular complexity index is 626. The first kappa shape index (κ1) is 15.9. The molecule has 0 saturated heterocycles. The molecule has 112 valence electrons. The maximum atomic E-state index is 11.2. The van der Waals surface area contributed by atoms with Crippen LogP contribution in [0.5, 0.6) is 0 Å². The Hall–Kier alpha value is -1.53. The third-order valence-corrected chi connectivity index (χ3v) is 4.30. The fraction of sp³-hybridized carbons (Fsp3) is 0.357. The Kier molecular flexibility index (Phi) is 5.25. The van der Waals surface area contributed by atoms with Crippen molar-refractivity contribution in [2.45, 2.75) is 37.2 Å². The zero-order valence-corrected chi connectivity index (χ0v) is 13.5. The van der Waals surface area contributed by atoms with Crippen molar-refractivity contribution in [1.82, 2.24) is 14.8 Å². The molecule has 0 fully saturated rings. The molecule has 1 aromatic heterocycles. The van der Waals surface area contributed by atoms with E-state index in [9.17, 15) is 4.79 Å². The van der Waals surface area contributed by atoms with Crippen molar-refractivity contribution in [3.63, 3.8) is 0 Å². The van der Waals surface area contributed by atoms with Gasteiger partial charge in [-0.25, -0.2) is 0 Å². The zero-order chi connectivity index (χ0) is 15.4. The second-order valence-corrected chi connectivity index (χ2v) is 6.37. The smallest absolute Gasteiger partial charge is 0.230 e. The number of halogens is 1. The molecule has 0 radical (unpaired) electrons. The minimum absolute atomic E-state index is 0.345. The molecule has 7 heteroatoms. The van der Waals surface area contributed by atoms with Gasteiger partial charge in [-0.05, 0) is 37.6 Å². The van der Waals surface area contributed by atoms with Crippen molar-refractivity contribution < 1.29 is 4.79 Å². The van der Waals surface area contributed by atoms with E-state index >= 15 is 0 Å². The number of amides is 1. The molecule has 21 heavy (non-hydrogen) atoms. The number of benzene rings is 1. The van der Waals surface area contributed by atoms with Gasteiger partial charge in [0.05, 0.1) is 5.25 Å². The minimum atomic E-state index is -0.362. The summed E-state index contributed by atoms with van der Waals surface area (Å²) in [7, 11) is 0. The predicted molar refractivity (Wildman–Crippen MR) is 85.3 cm³/mol. The van der Waals surface area contributed by atoms with Crippen LogP contribution in [0.25, 0.3) is 11.4 Å². The molecule has 2 rings (SSSR count). The summed E-state index contributed by atoms with van der Waals surface area (Å²) in [5, 5.41) is 9.47. The standard InChI is InChI=1S/C14H17ClN4OS/c1-3-8-19-13(10-4-6-11(15)7-5-10)17-18-14(19)21-9(2)12(16)20/h4-7,9H,3,8H2,1-2H3,(H2,16,20). The van der Waals surface area contributed by atoms with Crippen molar-refractivity contribution in [2.75, 3.05) is 0 Å². The Morgan fingerprint density at radius 2 is 2.05 bits per heavy atom. The number of primary amides is 1. The predicted octanol–water partition coefficient (Wildman–Crippen LogP) is 2.97. The highest BCUT2D eigenvalue weighted by Crippen LogP contribution is 2.27. The molecule has 2 N–H and O–H groups in total. The number of rotatable bonds is 6. The zero-order valence-electron chi connectivity index (χ0n) is 11.9. The lowest BCUT2D eigenvalue weighted by atomic mass is 10.2. The molecule has 1 heterocycles. The summed E-state index contributed by atoms with van der Waals surface area (Å²) in [4.78, 5) is 11.2. The van der Waals surface area contributed by atoms with Crippen molar-refractivity contribution in [3.8, 4) is 11.4 Å². The van der Waals surface area contributed by atoms with Crippen molar-refractivity contribution in [2.24, 2.45) is 5.73 Å². The monoisotopic (exact) mass is 324 g/mol. The summed E-state index contributed by atoms with van der Waals surface area (Å²) < 4.78 is 2.01. The van der Waals surface area contributed by atoms with Crippen LogP contribution in [0.2, 0.25) is 5.02 Å². The van der Waals surface area contributed by atoms with Gasteiger partial charge in [-0.1, -0.05) is 30.3 Å². The number of nitrogens with zero attached hydrogens (tertiary/aromatic N) is 3. The van der Waals surface area contributed by atoms with Crippen LogP contribution in [-0.4, -0.2) is 25.9 Å². The largest absolute Gasteiger partial charge is 0.369 e. The highest BCUT2D eigenvalue weighted by Gasteiger charge is 2.18. The number of hydrogen-bond acceptors (Lipinski definition) is 4. The van der Waals surface area contributed by atoms with E-state index in [-0.39, 0.29) is 11.2 Å². The van der Waals surface area contributed by atoms with Crippen LogP contribution in [0.3, 0.4) is 0 Å². The van der Waals surface area contributed by atoms with E-state index < -0.39 is 0 Å². The molecule has 1 amide bonds. The number of hydrogen-bond donors (Lipinski definition) is 1. The van der Waals surface area contributed by atoms with Gasteiger partial charge >= 0.3 is 0 Å². The van der Waals surface area contributed by atoms with Crippen molar-refractivity contribution in [3.05, 3.63) is 29.3 Å². The molecule has 0 saturated carbocycles. The van der Waals surface area contributed by atoms with E-state index in [0.717, 1.165) is 24.4 Å². The van der Waals surface area contributed by atoms with Crippen LogP contribution in [0.15, 0.2) is 29.4 Å². The lowest BCUT2D eigenvalue weighted by Crippen LogP contribution is -2.23. The van der Waals surface area contributed by atoms with Crippen LogP contribution in [0, 0.1) is 0 Å². The minimum Gasteiger partial charge on any atom is -0.369 e. The number of carbonyl (C=O) groups is 1. The van der Waals surface area contributed by atoms with Crippen molar-refractivity contribution >= 4 is 29.3 Å². The van der Waals surface area contributed by atoms with Gasteiger partial charge in [-0.2, -0.15) is 0 Å². The average molecular weight is 325 g/mol. The van der Waals surface area contributed by atoms with Gasteiger partial charge in [0.2, 0.25) is 5.91 Å². The van der Waals surface area contributed by atoms with E-state index in [1.807, 2.05) is 28.8 Å². The van der Waals surface area contributed by atoms with Crippen LogP contribution in [-0.2, 0) is 11.3 Å². The van der Waals surface area contributed by atoms with E-state index in [1.165, 1.54) is 11.8 Å². The van der Waals surface area contributed by atoms with Gasteiger partial charge in [0.25, 0.3) is 0 Å². The molecule has 1 unspecified atom stereocenters. The maximum absolute atomic E-state index is 11.2. The number of thioether (sulfide) groups is 1. The highest BCUT2D eigenvalue weighted by molar-refractivity contribution is 8.00. The molecule has 0 aliphatic heterocycles. The molecule has 1 aromatic carbocycles. The summed E-state index contributed by atoms with van der Waals surface area (Å²) in [5.41, 5.74) is 6.25. The summed E-state index contributed by atoms with van der Waals surface area (Å²) in [6, 6.07) is 7.45. The molecule has 0 aliphatic rings. The van der Waals surface area contributed by atoms with E-state index in [2.05, 4.69) is 17.1 Å². The lowest BCUT2D eigenvalue weighted by molar-refractivity contribution is -0.117. The Labute approximate surface area is 132 Å². The van der Waals surface area contributed by atoms with Gasteiger partial charge in [-0.15, -0.1) is 10.2 Å². The quantitative estimate of drug-likeness (QED) is 0.829. The molecule has 0 spiro atoms. The molecule has 0 bridgehead atoms. The third-order valence-electron chi connectivity index (χ3n) is 2.95. The van der Waals surface area contributed by atoms with Crippen molar-refractivity contribution in [1.29, 1.82) is 0 Å². The van der Waals surface area contributed by atoms with Crippen LogP contribution >= 0.6 is 23.4 Å². The number of carbonyl (C=O) groups excluding carboxylic acids is 1. The van der Waals surface area contributed by atoms with Gasteiger partial charge in [0.15, 0.2) is 11.0 Å². The average Bonchev–Trinajstić information content (AvgIpc) is 2.83. The van der Waals surface area contributed by atoms with Crippen LogP contribution in [0.4, 0.5) is 0 Å². The fourth-order valence-corrected chi connectivity index (χ4v) is 2.78. The van der Waals surface area contributed by atoms with Gasteiger partial charge < -0.3 is 10.3 Å². The topological polar surface area (TPSA) is 73.8 Å². The second kappa shape index (κ2) is 6.95. The maximum Gasteiger partial charge on any atom is 0.230 e. The number of nitrogens with two attached hydrogens (primary N) is 1. The molecule has 0 aliphatic carbocycles. The first-order chi connectivity index (χ1) is 10.0. The summed E-state index contributed by atoms with van der Waals surface area (Å²) in [6.07, 6.45) is 0.942. The van der Waals surface area contributed by atoms with E-state index in [0.29, 0.717) is 10.2 Å². The van der Waals surface area contributed by atoms with Gasteiger partial charge in [-0.3, -0.25) is 4.79 Å². The second-order valence-electron chi connectivity index (χ2n) is 4.63. The Balaban J connectivity index is 2.36. The summed E-state index contributed by atoms with van der Waals surface area (Å²) in [6.45, 7) is 4.62. The van der Waals surface area contributed by atoms with E-state index in [4.69, 9.17) is 17.3 Å².